The molecule has 5 aromatic rings. The zero-order valence-corrected chi connectivity index (χ0v) is 17.9. The van der Waals surface area contributed by atoms with E-state index in [0.29, 0.717) is 25.0 Å². The van der Waals surface area contributed by atoms with Gasteiger partial charge in [-0.1, -0.05) is 0 Å². The number of hydrogen-bond donors (Lipinski definition) is 1. The van der Waals surface area contributed by atoms with Crippen LogP contribution in [0, 0.1) is 0 Å². The summed E-state index contributed by atoms with van der Waals surface area (Å²) in [5.74, 6) is 0.919. The van der Waals surface area contributed by atoms with Gasteiger partial charge in [-0.3, -0.25) is 9.67 Å². The van der Waals surface area contributed by atoms with Gasteiger partial charge in [0, 0.05) is 38.3 Å². The maximum atomic E-state index is 6.28. The van der Waals surface area contributed by atoms with Gasteiger partial charge in [0.1, 0.15) is 11.6 Å². The maximum Gasteiger partial charge on any atom is 0.244 e. The van der Waals surface area contributed by atoms with E-state index in [9.17, 15) is 0 Å². The van der Waals surface area contributed by atoms with Crippen molar-refractivity contribution < 1.29 is 9.47 Å². The van der Waals surface area contributed by atoms with Crippen LogP contribution >= 0.6 is 0 Å². The first kappa shape index (κ1) is 19.4. The van der Waals surface area contributed by atoms with Crippen LogP contribution in [-0.2, 0) is 11.8 Å². The highest BCUT2D eigenvalue weighted by Gasteiger charge is 2.22. The molecule has 0 spiro atoms. The summed E-state index contributed by atoms with van der Waals surface area (Å²) < 4.78 is 17.3. The van der Waals surface area contributed by atoms with E-state index in [1.165, 1.54) is 0 Å². The lowest BCUT2D eigenvalue weighted by atomic mass is 10.3. The van der Waals surface area contributed by atoms with Gasteiger partial charge >= 0.3 is 0 Å². The second-order valence-corrected chi connectivity index (χ2v) is 7.75. The second-order valence-electron chi connectivity index (χ2n) is 7.75. The highest BCUT2D eigenvalue weighted by molar-refractivity contribution is 5.84. The summed E-state index contributed by atoms with van der Waals surface area (Å²) in [6.07, 6.45) is 13.5. The van der Waals surface area contributed by atoms with E-state index >= 15 is 0 Å². The Morgan fingerprint density at radius 3 is 2.76 bits per heavy atom. The van der Waals surface area contributed by atoms with Crippen LogP contribution in [0.4, 0.5) is 11.6 Å². The Balaban J connectivity index is 1.37. The van der Waals surface area contributed by atoms with E-state index in [2.05, 4.69) is 20.5 Å². The number of nitrogens with one attached hydrogen (secondary N) is 1. The third-order valence-electron chi connectivity index (χ3n) is 5.40. The van der Waals surface area contributed by atoms with Crippen LogP contribution in [0.3, 0.4) is 0 Å². The lowest BCUT2D eigenvalue weighted by Crippen LogP contribution is -2.17. The molecule has 166 valence electrons. The summed E-state index contributed by atoms with van der Waals surface area (Å²) in [5, 5.41) is 11.9. The van der Waals surface area contributed by atoms with E-state index in [4.69, 9.17) is 19.4 Å². The van der Waals surface area contributed by atoms with Crippen LogP contribution in [0.5, 0.6) is 5.88 Å². The Labute approximate surface area is 188 Å². The summed E-state index contributed by atoms with van der Waals surface area (Å²) in [4.78, 5) is 13.5. The minimum Gasteiger partial charge on any atom is -0.470 e. The van der Waals surface area contributed by atoms with Crippen LogP contribution < -0.4 is 10.1 Å². The van der Waals surface area contributed by atoms with E-state index in [-0.39, 0.29) is 6.10 Å². The fourth-order valence-corrected chi connectivity index (χ4v) is 3.82. The Kier molecular flexibility index (Phi) is 4.73. The second kappa shape index (κ2) is 8.02. The molecule has 0 bridgehead atoms. The fourth-order valence-electron chi connectivity index (χ4n) is 3.82. The standard InChI is InChI=1S/C22H21N9O2/c1-29-13-17(11-24-29)30-8-4-19-20(30)21(33-18-5-9-32-14-18)28-22(27-19)26-15-10-25-31(12-15)16-2-6-23-7-3-16/h2-4,6-8,10-13,18H,5,9,14H2,1H3,(H,26,27,28)/t18-/m0/s1. The number of nitrogens with zero attached hydrogens (tertiary/aromatic N) is 8. The minimum absolute atomic E-state index is 0.0531. The molecule has 1 aliphatic rings. The third kappa shape index (κ3) is 3.78. The van der Waals surface area contributed by atoms with Crippen molar-refractivity contribution in [1.82, 2.24) is 39.1 Å². The van der Waals surface area contributed by atoms with Crippen LogP contribution in [-0.4, -0.2) is 58.4 Å². The van der Waals surface area contributed by atoms with Crippen molar-refractivity contribution in [2.75, 3.05) is 18.5 Å². The molecule has 11 heteroatoms. The first-order chi connectivity index (χ1) is 16.2. The summed E-state index contributed by atoms with van der Waals surface area (Å²) in [6, 6.07) is 5.71. The predicted molar refractivity (Wildman–Crippen MR) is 120 cm³/mol. The molecule has 0 unspecified atom stereocenters. The monoisotopic (exact) mass is 443 g/mol. The van der Waals surface area contributed by atoms with Crippen LogP contribution in [0.1, 0.15) is 6.42 Å². The highest BCUT2D eigenvalue weighted by atomic mass is 16.5. The normalized spacial score (nSPS) is 15.8. The average molecular weight is 443 g/mol. The lowest BCUT2D eigenvalue weighted by Gasteiger charge is -2.14. The minimum atomic E-state index is -0.0531. The molecular formula is C22H21N9O2. The molecule has 0 saturated carbocycles. The number of aromatic nitrogens is 8. The molecule has 11 nitrogen and oxygen atoms in total. The molecule has 33 heavy (non-hydrogen) atoms. The molecular weight excluding hydrogens is 422 g/mol. The number of aryl methyl sites for hydroxylation is 1. The number of ether oxygens (including phenoxy) is 2. The first-order valence-corrected chi connectivity index (χ1v) is 10.6. The van der Waals surface area contributed by atoms with Crippen molar-refractivity contribution in [3.63, 3.8) is 0 Å². The third-order valence-corrected chi connectivity index (χ3v) is 5.40. The zero-order valence-electron chi connectivity index (χ0n) is 17.9. The van der Waals surface area contributed by atoms with Crippen LogP contribution in [0.15, 0.2) is 61.6 Å². The Hall–Kier alpha value is -4.25. The van der Waals surface area contributed by atoms with Gasteiger partial charge in [0.05, 0.1) is 54.4 Å². The number of rotatable bonds is 6. The Morgan fingerprint density at radius 1 is 1.06 bits per heavy atom. The van der Waals surface area contributed by atoms with E-state index in [1.54, 1.807) is 34.2 Å². The number of anilines is 2. The van der Waals surface area contributed by atoms with Gasteiger partial charge in [0.15, 0.2) is 0 Å². The van der Waals surface area contributed by atoms with Gasteiger partial charge < -0.3 is 19.4 Å². The van der Waals surface area contributed by atoms with Gasteiger partial charge in [-0.15, -0.1) is 0 Å². The molecule has 1 N–H and O–H groups in total. The fraction of sp³-hybridized carbons (Fsp3) is 0.227. The number of hydrogen-bond acceptors (Lipinski definition) is 8. The van der Waals surface area contributed by atoms with E-state index < -0.39 is 0 Å². The lowest BCUT2D eigenvalue weighted by molar-refractivity contribution is 0.139. The maximum absolute atomic E-state index is 6.28. The van der Waals surface area contributed by atoms with Crippen molar-refractivity contribution in [3.8, 4) is 17.3 Å². The molecule has 1 atom stereocenters. The molecule has 5 aromatic heterocycles. The molecule has 0 amide bonds. The smallest absolute Gasteiger partial charge is 0.244 e. The molecule has 1 aliphatic heterocycles. The SMILES string of the molecule is Cn1cc(-n2ccc3nc(Nc4cnn(-c5ccncc5)c4)nc(O[C@H]4CCOC4)c32)cn1. The first-order valence-electron chi connectivity index (χ1n) is 10.6. The molecule has 0 radical (unpaired) electrons. The highest BCUT2D eigenvalue weighted by Crippen LogP contribution is 2.30. The quantitative estimate of drug-likeness (QED) is 0.427. The van der Waals surface area contributed by atoms with Gasteiger partial charge in [-0.25, -0.2) is 9.67 Å². The molecule has 6 heterocycles. The zero-order chi connectivity index (χ0) is 22.2. The van der Waals surface area contributed by atoms with Crippen molar-refractivity contribution in [2.45, 2.75) is 12.5 Å². The summed E-state index contributed by atoms with van der Waals surface area (Å²) >= 11 is 0. The van der Waals surface area contributed by atoms with Crippen molar-refractivity contribution in [3.05, 3.63) is 61.6 Å². The summed E-state index contributed by atoms with van der Waals surface area (Å²) in [7, 11) is 1.88. The van der Waals surface area contributed by atoms with Gasteiger partial charge in [0.2, 0.25) is 11.8 Å². The molecule has 1 saturated heterocycles. The number of pyridine rings is 1. The Morgan fingerprint density at radius 2 is 1.97 bits per heavy atom. The molecule has 0 aliphatic carbocycles. The van der Waals surface area contributed by atoms with Gasteiger partial charge in [-0.2, -0.15) is 15.2 Å². The summed E-state index contributed by atoms with van der Waals surface area (Å²) in [5.41, 5.74) is 4.11. The average Bonchev–Trinajstić information content (AvgIpc) is 3.62. The van der Waals surface area contributed by atoms with Crippen molar-refractivity contribution in [1.29, 1.82) is 0 Å². The van der Waals surface area contributed by atoms with Crippen LogP contribution in [0.2, 0.25) is 0 Å². The van der Waals surface area contributed by atoms with Gasteiger partial charge in [0.25, 0.3) is 0 Å². The van der Waals surface area contributed by atoms with Gasteiger partial charge in [-0.05, 0) is 18.2 Å². The topological polar surface area (TPSA) is 110 Å². The largest absolute Gasteiger partial charge is 0.470 e. The van der Waals surface area contributed by atoms with Crippen LogP contribution in [0.25, 0.3) is 22.4 Å². The molecule has 0 aromatic carbocycles. The predicted octanol–water partition coefficient (Wildman–Crippen LogP) is 2.65. The summed E-state index contributed by atoms with van der Waals surface area (Å²) in [6.45, 7) is 1.22. The van der Waals surface area contributed by atoms with E-state index in [0.717, 1.165) is 34.5 Å². The van der Waals surface area contributed by atoms with Crippen molar-refractivity contribution in [2.24, 2.45) is 7.05 Å². The molecule has 1 fully saturated rings. The number of fused-ring (bicyclic) bond motifs is 1. The van der Waals surface area contributed by atoms with Crippen molar-refractivity contribution >= 4 is 22.7 Å². The Bertz CT molecular complexity index is 1400. The van der Waals surface area contributed by atoms with E-state index in [1.807, 2.05) is 48.4 Å². The molecule has 6 rings (SSSR count).